The Morgan fingerprint density at radius 2 is 2.00 bits per heavy atom. The van der Waals surface area contributed by atoms with Crippen LogP contribution in [-0.4, -0.2) is 26.9 Å². The Hall–Kier alpha value is -1.40. The van der Waals surface area contributed by atoms with Gasteiger partial charge in [-0.05, 0) is 44.4 Å². The third-order valence-electron chi connectivity index (χ3n) is 3.33. The molecule has 1 N–H and O–H groups in total. The van der Waals surface area contributed by atoms with E-state index in [2.05, 4.69) is 4.72 Å². The van der Waals surface area contributed by atoms with Crippen LogP contribution in [0.25, 0.3) is 0 Å². The predicted molar refractivity (Wildman–Crippen MR) is 78.4 cm³/mol. The highest BCUT2D eigenvalue weighted by atomic mass is 32.2. The van der Waals surface area contributed by atoms with E-state index in [9.17, 15) is 13.2 Å². The summed E-state index contributed by atoms with van der Waals surface area (Å²) in [6.07, 6.45) is 0.772. The number of benzene rings is 1. The third-order valence-corrected chi connectivity index (χ3v) is 5.13. The van der Waals surface area contributed by atoms with E-state index in [1.807, 2.05) is 6.07 Å². The van der Waals surface area contributed by atoms with Crippen LogP contribution in [0.2, 0.25) is 0 Å². The molecule has 1 amide bonds. The summed E-state index contributed by atoms with van der Waals surface area (Å²) in [6.45, 7) is 7.45. The van der Waals surface area contributed by atoms with Crippen molar-refractivity contribution in [3.63, 3.8) is 0 Å². The molecule has 1 aliphatic heterocycles. The highest BCUT2D eigenvalue weighted by Gasteiger charge is 2.27. The quantitative estimate of drug-likeness (QED) is 0.921. The summed E-state index contributed by atoms with van der Waals surface area (Å²) in [6, 6.07) is 3.31. The fourth-order valence-corrected chi connectivity index (χ4v) is 4.03. The van der Waals surface area contributed by atoms with E-state index in [4.69, 9.17) is 0 Å². The first-order chi connectivity index (χ1) is 9.22. The molecule has 0 aliphatic carbocycles. The van der Waals surface area contributed by atoms with E-state index in [0.717, 1.165) is 12.0 Å². The first-order valence-corrected chi connectivity index (χ1v) is 8.14. The van der Waals surface area contributed by atoms with E-state index in [1.54, 1.807) is 31.7 Å². The van der Waals surface area contributed by atoms with Gasteiger partial charge in [0.15, 0.2) is 0 Å². The highest BCUT2D eigenvalue weighted by Crippen LogP contribution is 2.32. The fourth-order valence-electron chi connectivity index (χ4n) is 2.53. The third kappa shape index (κ3) is 2.71. The van der Waals surface area contributed by atoms with Crippen LogP contribution in [0, 0.1) is 6.92 Å². The fraction of sp³-hybridized carbons (Fsp3) is 0.500. The molecule has 110 valence electrons. The zero-order valence-corrected chi connectivity index (χ0v) is 13.0. The van der Waals surface area contributed by atoms with Crippen LogP contribution in [0.1, 0.15) is 31.9 Å². The second kappa shape index (κ2) is 5.18. The Morgan fingerprint density at radius 1 is 1.35 bits per heavy atom. The molecule has 0 aromatic heterocycles. The van der Waals surface area contributed by atoms with Crippen molar-refractivity contribution >= 4 is 21.6 Å². The zero-order chi connectivity index (χ0) is 15.1. The molecule has 2 rings (SSSR count). The number of fused-ring (bicyclic) bond motifs is 1. The molecule has 1 aromatic rings. The highest BCUT2D eigenvalue weighted by molar-refractivity contribution is 7.89. The van der Waals surface area contributed by atoms with Gasteiger partial charge in [0.2, 0.25) is 15.9 Å². The van der Waals surface area contributed by atoms with Crippen molar-refractivity contribution in [3.8, 4) is 0 Å². The minimum Gasteiger partial charge on any atom is -0.312 e. The van der Waals surface area contributed by atoms with Crippen LogP contribution in [0.5, 0.6) is 0 Å². The number of amides is 1. The standard InChI is InChI=1S/C14H20N2O3S/c1-9(2)15-20(18,19)14-8-13-12(7-10(14)3)5-6-16(13)11(4)17/h7-9,15H,5-6H2,1-4H3. The molecule has 0 saturated carbocycles. The molecule has 5 nitrogen and oxygen atoms in total. The van der Waals surface area contributed by atoms with Gasteiger partial charge in [-0.1, -0.05) is 6.07 Å². The number of carbonyl (C=O) groups excluding carboxylic acids is 1. The summed E-state index contributed by atoms with van der Waals surface area (Å²) in [5.41, 5.74) is 2.45. The molecule has 0 unspecified atom stereocenters. The zero-order valence-electron chi connectivity index (χ0n) is 12.2. The van der Waals surface area contributed by atoms with Gasteiger partial charge in [-0.3, -0.25) is 4.79 Å². The minimum atomic E-state index is -3.55. The second-order valence-corrected chi connectivity index (χ2v) is 7.13. The van der Waals surface area contributed by atoms with E-state index in [0.29, 0.717) is 17.8 Å². The molecule has 1 heterocycles. The van der Waals surface area contributed by atoms with Crippen LogP contribution < -0.4 is 9.62 Å². The Labute approximate surface area is 120 Å². The first-order valence-electron chi connectivity index (χ1n) is 6.66. The van der Waals surface area contributed by atoms with E-state index < -0.39 is 10.0 Å². The van der Waals surface area contributed by atoms with Crippen molar-refractivity contribution in [3.05, 3.63) is 23.3 Å². The van der Waals surface area contributed by atoms with Crippen molar-refractivity contribution in [2.24, 2.45) is 0 Å². The molecule has 6 heteroatoms. The topological polar surface area (TPSA) is 66.5 Å². The molecule has 0 spiro atoms. The maximum absolute atomic E-state index is 12.3. The van der Waals surface area contributed by atoms with Gasteiger partial charge < -0.3 is 4.90 Å². The SMILES string of the molecule is CC(=O)N1CCc2cc(C)c(S(=O)(=O)NC(C)C)cc21. The summed E-state index contributed by atoms with van der Waals surface area (Å²) < 4.78 is 27.2. The predicted octanol–water partition coefficient (Wildman–Crippen LogP) is 1.59. The number of rotatable bonds is 3. The Kier molecular flexibility index (Phi) is 3.88. The Morgan fingerprint density at radius 3 is 2.55 bits per heavy atom. The van der Waals surface area contributed by atoms with Crippen molar-refractivity contribution in [1.82, 2.24) is 4.72 Å². The number of aryl methyl sites for hydroxylation is 1. The largest absolute Gasteiger partial charge is 0.312 e. The van der Waals surface area contributed by atoms with Crippen molar-refractivity contribution < 1.29 is 13.2 Å². The molecular formula is C14H20N2O3S. The van der Waals surface area contributed by atoms with Gasteiger partial charge in [0, 0.05) is 25.2 Å². The van der Waals surface area contributed by atoms with Crippen LogP contribution in [0.4, 0.5) is 5.69 Å². The normalized spacial score (nSPS) is 14.8. The van der Waals surface area contributed by atoms with Crippen LogP contribution in [-0.2, 0) is 21.2 Å². The van der Waals surface area contributed by atoms with Gasteiger partial charge in [0.05, 0.1) is 4.90 Å². The van der Waals surface area contributed by atoms with Gasteiger partial charge in [-0.25, -0.2) is 13.1 Å². The Balaban J connectivity index is 2.52. The maximum atomic E-state index is 12.3. The molecule has 1 aromatic carbocycles. The number of anilines is 1. The second-order valence-electron chi connectivity index (χ2n) is 5.44. The molecule has 0 fully saturated rings. The molecule has 0 atom stereocenters. The van der Waals surface area contributed by atoms with E-state index in [1.165, 1.54) is 6.92 Å². The smallest absolute Gasteiger partial charge is 0.241 e. The molecule has 20 heavy (non-hydrogen) atoms. The van der Waals surface area contributed by atoms with E-state index >= 15 is 0 Å². The monoisotopic (exact) mass is 296 g/mol. The van der Waals surface area contributed by atoms with Gasteiger partial charge in [-0.15, -0.1) is 0 Å². The van der Waals surface area contributed by atoms with Crippen LogP contribution in [0.3, 0.4) is 0 Å². The summed E-state index contributed by atoms with van der Waals surface area (Å²) >= 11 is 0. The summed E-state index contributed by atoms with van der Waals surface area (Å²) in [4.78, 5) is 13.5. The molecule has 0 radical (unpaired) electrons. The van der Waals surface area contributed by atoms with Gasteiger partial charge in [0.25, 0.3) is 0 Å². The van der Waals surface area contributed by atoms with Gasteiger partial charge >= 0.3 is 0 Å². The Bertz CT molecular complexity index is 651. The van der Waals surface area contributed by atoms with Crippen molar-refractivity contribution in [1.29, 1.82) is 0 Å². The summed E-state index contributed by atoms with van der Waals surface area (Å²) in [5.74, 6) is -0.0623. The number of carbonyl (C=O) groups is 1. The minimum absolute atomic E-state index is 0.0623. The lowest BCUT2D eigenvalue weighted by Crippen LogP contribution is -2.31. The average molecular weight is 296 g/mol. The van der Waals surface area contributed by atoms with Crippen LogP contribution in [0.15, 0.2) is 17.0 Å². The van der Waals surface area contributed by atoms with Gasteiger partial charge in [0.1, 0.15) is 0 Å². The molecule has 0 bridgehead atoms. The summed E-state index contributed by atoms with van der Waals surface area (Å²) in [7, 11) is -3.55. The van der Waals surface area contributed by atoms with Crippen molar-refractivity contribution in [2.75, 3.05) is 11.4 Å². The number of hydrogen-bond acceptors (Lipinski definition) is 3. The maximum Gasteiger partial charge on any atom is 0.241 e. The number of hydrogen-bond donors (Lipinski definition) is 1. The van der Waals surface area contributed by atoms with Gasteiger partial charge in [-0.2, -0.15) is 0 Å². The average Bonchev–Trinajstić information content (AvgIpc) is 2.68. The lowest BCUT2D eigenvalue weighted by Gasteiger charge is -2.18. The van der Waals surface area contributed by atoms with E-state index in [-0.39, 0.29) is 16.8 Å². The van der Waals surface area contributed by atoms with Crippen LogP contribution >= 0.6 is 0 Å². The van der Waals surface area contributed by atoms with Crippen molar-refractivity contribution in [2.45, 2.75) is 45.1 Å². The number of nitrogens with one attached hydrogen (secondary N) is 1. The molecular weight excluding hydrogens is 276 g/mol. The molecule has 1 aliphatic rings. The number of sulfonamides is 1. The summed E-state index contributed by atoms with van der Waals surface area (Å²) in [5, 5.41) is 0. The lowest BCUT2D eigenvalue weighted by atomic mass is 10.1. The first kappa shape index (κ1) is 15.0. The molecule has 0 saturated heterocycles. The lowest BCUT2D eigenvalue weighted by molar-refractivity contribution is -0.116. The number of nitrogens with zero attached hydrogens (tertiary/aromatic N) is 1.